The summed E-state index contributed by atoms with van der Waals surface area (Å²) in [6.07, 6.45) is 3.65. The van der Waals surface area contributed by atoms with Crippen molar-refractivity contribution < 1.29 is 28.5 Å². The van der Waals surface area contributed by atoms with Crippen molar-refractivity contribution in [2.75, 3.05) is 20.0 Å². The molecule has 3 atom stereocenters. The van der Waals surface area contributed by atoms with E-state index in [9.17, 15) is 9.59 Å². The Hall–Kier alpha value is -2.38. The van der Waals surface area contributed by atoms with Crippen LogP contribution >= 0.6 is 11.6 Å². The summed E-state index contributed by atoms with van der Waals surface area (Å²) in [5.41, 5.74) is 2.60. The average Bonchev–Trinajstić information content (AvgIpc) is 3.42. The van der Waals surface area contributed by atoms with Gasteiger partial charge in [-0.15, -0.1) is 0 Å². The van der Waals surface area contributed by atoms with Crippen LogP contribution in [0, 0.1) is 5.92 Å². The molecular formula is C23H24ClNO6. The lowest BCUT2D eigenvalue weighted by Gasteiger charge is -2.35. The van der Waals surface area contributed by atoms with E-state index < -0.39 is 17.8 Å². The predicted molar refractivity (Wildman–Crippen MR) is 113 cm³/mol. The van der Waals surface area contributed by atoms with Crippen LogP contribution in [0.3, 0.4) is 0 Å². The van der Waals surface area contributed by atoms with Crippen molar-refractivity contribution in [1.29, 1.82) is 0 Å². The van der Waals surface area contributed by atoms with E-state index >= 15 is 0 Å². The van der Waals surface area contributed by atoms with Gasteiger partial charge >= 0.3 is 5.97 Å². The second-order valence-electron chi connectivity index (χ2n) is 8.34. The third kappa shape index (κ3) is 3.74. The summed E-state index contributed by atoms with van der Waals surface area (Å²) in [4.78, 5) is 30.9. The van der Waals surface area contributed by atoms with Gasteiger partial charge in [-0.1, -0.05) is 11.6 Å². The maximum atomic E-state index is 13.3. The predicted octanol–water partition coefficient (Wildman–Crippen LogP) is 3.97. The number of rotatable bonds is 4. The first-order valence-corrected chi connectivity index (χ1v) is 11.1. The van der Waals surface area contributed by atoms with E-state index in [0.717, 1.165) is 25.0 Å². The van der Waals surface area contributed by atoms with Crippen molar-refractivity contribution in [3.63, 3.8) is 0 Å². The number of nitrogens with zero attached hydrogens (tertiary/aromatic N) is 1. The fraction of sp³-hybridized carbons (Fsp3) is 0.522. The molecule has 1 aromatic carbocycles. The van der Waals surface area contributed by atoms with Crippen molar-refractivity contribution in [1.82, 2.24) is 0 Å². The van der Waals surface area contributed by atoms with Gasteiger partial charge in [-0.2, -0.15) is 0 Å². The first-order chi connectivity index (χ1) is 15.0. The smallest absolute Gasteiger partial charge is 0.315 e. The molecule has 0 saturated carbocycles. The van der Waals surface area contributed by atoms with Gasteiger partial charge in [0, 0.05) is 47.0 Å². The summed E-state index contributed by atoms with van der Waals surface area (Å²) < 4.78 is 22.2. The molecule has 1 saturated heterocycles. The lowest BCUT2D eigenvalue weighted by Crippen LogP contribution is -2.38. The van der Waals surface area contributed by atoms with E-state index in [1.807, 2.05) is 6.92 Å². The van der Waals surface area contributed by atoms with Gasteiger partial charge in [0.25, 0.3) is 0 Å². The largest absolute Gasteiger partial charge is 0.462 e. The molecule has 0 spiro atoms. The van der Waals surface area contributed by atoms with Gasteiger partial charge in [0.2, 0.25) is 6.79 Å². The van der Waals surface area contributed by atoms with E-state index in [1.165, 1.54) is 0 Å². The zero-order valence-corrected chi connectivity index (χ0v) is 18.1. The fourth-order valence-electron chi connectivity index (χ4n) is 4.86. The highest BCUT2D eigenvalue weighted by Crippen LogP contribution is 2.48. The van der Waals surface area contributed by atoms with Crippen molar-refractivity contribution >= 4 is 29.1 Å². The number of ketones is 1. The highest BCUT2D eigenvalue weighted by Gasteiger charge is 2.44. The zero-order chi connectivity index (χ0) is 21.5. The maximum absolute atomic E-state index is 13.3. The first-order valence-electron chi connectivity index (χ1n) is 10.7. The standard InChI is InChI=1S/C23H24ClNO6/c1-12-20(23(27)29-10-13-4-3-7-28-13)21(22-16(25-12)5-2-6-17(22)26)14-8-18-19(9-15(14)24)31-11-30-18/h8-9,13,20-21H,2-7,10-11H2,1H3/t13-,20?,21-/m0/s1. The molecular weight excluding hydrogens is 422 g/mol. The third-order valence-corrected chi connectivity index (χ3v) is 6.68. The molecule has 1 fully saturated rings. The number of Topliss-reactive ketones (excluding diaryl/α,β-unsaturated/α-hetero) is 1. The minimum atomic E-state index is -0.736. The third-order valence-electron chi connectivity index (χ3n) is 6.35. The van der Waals surface area contributed by atoms with Gasteiger partial charge in [-0.3, -0.25) is 14.6 Å². The van der Waals surface area contributed by atoms with Gasteiger partial charge in [-0.25, -0.2) is 0 Å². The Morgan fingerprint density at radius 1 is 1.23 bits per heavy atom. The van der Waals surface area contributed by atoms with Gasteiger partial charge in [0.15, 0.2) is 17.3 Å². The number of halogens is 1. The Kier molecular flexibility index (Phi) is 5.48. The molecule has 7 nitrogen and oxygen atoms in total. The van der Waals surface area contributed by atoms with Crippen LogP contribution in [0.15, 0.2) is 28.4 Å². The minimum absolute atomic E-state index is 0.00756. The number of benzene rings is 1. The molecule has 3 aliphatic heterocycles. The first kappa shape index (κ1) is 20.5. The molecule has 1 aromatic rings. The normalized spacial score (nSPS) is 27.2. The second-order valence-corrected chi connectivity index (χ2v) is 8.74. The number of esters is 1. The number of ether oxygens (including phenoxy) is 4. The number of hydrogen-bond donors (Lipinski definition) is 0. The molecule has 0 N–H and O–H groups in total. The highest BCUT2D eigenvalue weighted by molar-refractivity contribution is 6.32. The van der Waals surface area contributed by atoms with Crippen molar-refractivity contribution in [2.24, 2.45) is 10.9 Å². The molecule has 1 unspecified atom stereocenters. The number of carbonyl (C=O) groups is 2. The Labute approximate surface area is 185 Å². The van der Waals surface area contributed by atoms with E-state index in [1.54, 1.807) is 12.1 Å². The molecule has 0 radical (unpaired) electrons. The van der Waals surface area contributed by atoms with Crippen molar-refractivity contribution in [2.45, 2.75) is 51.0 Å². The van der Waals surface area contributed by atoms with Crippen molar-refractivity contribution in [3.05, 3.63) is 34.0 Å². The van der Waals surface area contributed by atoms with Crippen LogP contribution in [0.2, 0.25) is 5.02 Å². The van der Waals surface area contributed by atoms with Crippen LogP contribution in [-0.4, -0.2) is 43.6 Å². The highest BCUT2D eigenvalue weighted by atomic mass is 35.5. The van der Waals surface area contributed by atoms with Crippen molar-refractivity contribution in [3.8, 4) is 11.5 Å². The number of allylic oxidation sites excluding steroid dienone is 2. The summed E-state index contributed by atoms with van der Waals surface area (Å²) in [5, 5.41) is 0.422. The maximum Gasteiger partial charge on any atom is 0.315 e. The van der Waals surface area contributed by atoms with Crippen LogP contribution in [-0.2, 0) is 19.1 Å². The molecule has 0 aromatic heterocycles. The molecule has 0 amide bonds. The molecule has 0 bridgehead atoms. The molecule has 8 heteroatoms. The van der Waals surface area contributed by atoms with Crippen LogP contribution in [0.1, 0.15) is 50.5 Å². The summed E-state index contributed by atoms with van der Waals surface area (Å²) in [6, 6.07) is 3.46. The number of hydrogen-bond acceptors (Lipinski definition) is 7. The topological polar surface area (TPSA) is 83.4 Å². The molecule has 31 heavy (non-hydrogen) atoms. The number of aliphatic imine (C=N–C) groups is 1. The molecule has 4 aliphatic rings. The zero-order valence-electron chi connectivity index (χ0n) is 17.3. The Bertz CT molecular complexity index is 994. The lowest BCUT2D eigenvalue weighted by molar-refractivity contribution is -0.149. The Balaban J connectivity index is 1.54. The summed E-state index contributed by atoms with van der Waals surface area (Å²) in [7, 11) is 0. The van der Waals surface area contributed by atoms with E-state index in [0.29, 0.717) is 52.8 Å². The van der Waals surface area contributed by atoms with Crippen LogP contribution in [0.5, 0.6) is 11.5 Å². The van der Waals surface area contributed by atoms with Gasteiger partial charge in [-0.05, 0) is 44.2 Å². The fourth-order valence-corrected chi connectivity index (χ4v) is 5.13. The number of carbonyl (C=O) groups excluding carboxylic acids is 2. The molecule has 164 valence electrons. The average molecular weight is 446 g/mol. The summed E-state index contributed by atoms with van der Waals surface area (Å²) in [6.45, 7) is 2.81. The SMILES string of the molecule is CC1=NC2=C(C(=O)CCC2)[C@@H](c2cc3c(cc2Cl)OCO3)C1C(=O)OC[C@@H]1CCCO1. The molecule has 1 aliphatic carbocycles. The summed E-state index contributed by atoms with van der Waals surface area (Å²) >= 11 is 6.64. The van der Waals surface area contributed by atoms with E-state index in [2.05, 4.69) is 4.99 Å². The number of fused-ring (bicyclic) bond motifs is 1. The summed E-state index contributed by atoms with van der Waals surface area (Å²) in [5.74, 6) is -0.610. The van der Waals surface area contributed by atoms with Gasteiger partial charge in [0.1, 0.15) is 12.5 Å². The molecule has 5 rings (SSSR count). The van der Waals surface area contributed by atoms with E-state index in [-0.39, 0.29) is 25.3 Å². The minimum Gasteiger partial charge on any atom is -0.462 e. The monoisotopic (exact) mass is 445 g/mol. The van der Waals surface area contributed by atoms with Gasteiger partial charge < -0.3 is 18.9 Å². The van der Waals surface area contributed by atoms with Crippen LogP contribution in [0.25, 0.3) is 0 Å². The Morgan fingerprint density at radius 3 is 2.81 bits per heavy atom. The van der Waals surface area contributed by atoms with E-state index in [4.69, 9.17) is 30.5 Å². The van der Waals surface area contributed by atoms with Crippen LogP contribution in [0.4, 0.5) is 0 Å². The second kappa shape index (κ2) is 8.28. The quantitative estimate of drug-likeness (QED) is 0.652. The lowest BCUT2D eigenvalue weighted by atomic mass is 9.71. The Morgan fingerprint density at radius 2 is 2.03 bits per heavy atom. The van der Waals surface area contributed by atoms with Crippen LogP contribution < -0.4 is 9.47 Å². The van der Waals surface area contributed by atoms with Gasteiger partial charge in [0.05, 0.1) is 6.10 Å². The molecule has 3 heterocycles.